The highest BCUT2D eigenvalue weighted by molar-refractivity contribution is 5.74. The summed E-state index contributed by atoms with van der Waals surface area (Å²) in [6.07, 6.45) is 1.54. The van der Waals surface area contributed by atoms with Crippen molar-refractivity contribution in [1.29, 1.82) is 0 Å². The Morgan fingerprint density at radius 2 is 1.89 bits per heavy atom. The number of nitrogens with one attached hydrogen (secondary N) is 1. The second kappa shape index (κ2) is 9.97. The molecule has 0 unspecified atom stereocenters. The number of ether oxygens (including phenoxy) is 1. The number of carbonyl (C=O) groups is 1. The van der Waals surface area contributed by atoms with Crippen molar-refractivity contribution in [3.8, 4) is 5.75 Å². The van der Waals surface area contributed by atoms with Crippen molar-refractivity contribution in [2.24, 2.45) is 0 Å². The lowest BCUT2D eigenvalue weighted by molar-refractivity contribution is 0.194. The van der Waals surface area contributed by atoms with Crippen molar-refractivity contribution >= 4 is 11.7 Å². The largest absolute Gasteiger partial charge is 0.492 e. The molecule has 1 heterocycles. The standard InChI is InChI=1S/C22H28FN3O2/c1-2-28-21-11-4-3-10-20(21)25-13-15-26(16-14-25)22(27)24-12-6-8-18-7-5-9-19(23)17-18/h3-5,7,9-11,17H,2,6,8,12-16H2,1H3,(H,24,27). The first-order chi connectivity index (χ1) is 13.7. The lowest BCUT2D eigenvalue weighted by Gasteiger charge is -2.36. The third-order valence-electron chi connectivity index (χ3n) is 4.88. The van der Waals surface area contributed by atoms with Crippen LogP contribution in [0.15, 0.2) is 48.5 Å². The predicted molar refractivity (Wildman–Crippen MR) is 110 cm³/mol. The molecule has 0 radical (unpaired) electrons. The van der Waals surface area contributed by atoms with E-state index >= 15 is 0 Å². The molecular formula is C22H28FN3O2. The zero-order valence-electron chi connectivity index (χ0n) is 16.4. The maximum absolute atomic E-state index is 13.2. The van der Waals surface area contributed by atoms with Crippen LogP contribution in [0.4, 0.5) is 14.9 Å². The van der Waals surface area contributed by atoms with Crippen molar-refractivity contribution in [2.75, 3.05) is 44.2 Å². The van der Waals surface area contributed by atoms with E-state index < -0.39 is 0 Å². The highest BCUT2D eigenvalue weighted by atomic mass is 19.1. The minimum atomic E-state index is -0.217. The number of hydrogen-bond donors (Lipinski definition) is 1. The van der Waals surface area contributed by atoms with Gasteiger partial charge in [0.15, 0.2) is 0 Å². The summed E-state index contributed by atoms with van der Waals surface area (Å²) in [6, 6.07) is 14.6. The van der Waals surface area contributed by atoms with Gasteiger partial charge in [0.25, 0.3) is 0 Å². The summed E-state index contributed by atoms with van der Waals surface area (Å²) in [6.45, 7) is 6.11. The van der Waals surface area contributed by atoms with Gasteiger partial charge in [0.1, 0.15) is 11.6 Å². The molecule has 2 aromatic rings. The molecule has 1 fully saturated rings. The minimum absolute atomic E-state index is 0.0306. The zero-order chi connectivity index (χ0) is 19.8. The monoisotopic (exact) mass is 385 g/mol. The van der Waals surface area contributed by atoms with Crippen LogP contribution >= 0.6 is 0 Å². The van der Waals surface area contributed by atoms with E-state index in [0.717, 1.165) is 42.9 Å². The number of nitrogens with zero attached hydrogens (tertiary/aromatic N) is 2. The second-order valence-corrected chi connectivity index (χ2v) is 6.84. The van der Waals surface area contributed by atoms with E-state index in [2.05, 4.69) is 16.3 Å². The van der Waals surface area contributed by atoms with Gasteiger partial charge >= 0.3 is 6.03 Å². The molecule has 28 heavy (non-hydrogen) atoms. The van der Waals surface area contributed by atoms with Crippen LogP contribution in [-0.2, 0) is 6.42 Å². The van der Waals surface area contributed by atoms with E-state index in [4.69, 9.17) is 4.74 Å². The molecule has 2 amide bonds. The molecule has 0 atom stereocenters. The number of anilines is 1. The number of aryl methyl sites for hydroxylation is 1. The van der Waals surface area contributed by atoms with Gasteiger partial charge in [-0.2, -0.15) is 0 Å². The minimum Gasteiger partial charge on any atom is -0.492 e. The van der Waals surface area contributed by atoms with E-state index in [1.54, 1.807) is 12.1 Å². The van der Waals surface area contributed by atoms with Gasteiger partial charge in [-0.25, -0.2) is 9.18 Å². The van der Waals surface area contributed by atoms with Crippen molar-refractivity contribution < 1.29 is 13.9 Å². The number of benzene rings is 2. The molecule has 1 aliphatic heterocycles. The Morgan fingerprint density at radius 3 is 2.64 bits per heavy atom. The first-order valence-electron chi connectivity index (χ1n) is 9.91. The third kappa shape index (κ3) is 5.38. The van der Waals surface area contributed by atoms with Crippen LogP contribution in [-0.4, -0.2) is 50.3 Å². The van der Waals surface area contributed by atoms with Crippen LogP contribution in [0, 0.1) is 5.82 Å². The molecule has 0 aliphatic carbocycles. The van der Waals surface area contributed by atoms with Gasteiger partial charge in [0, 0.05) is 32.7 Å². The van der Waals surface area contributed by atoms with Gasteiger partial charge in [0.2, 0.25) is 0 Å². The number of halogens is 1. The molecule has 1 N–H and O–H groups in total. The van der Waals surface area contributed by atoms with Crippen LogP contribution in [0.25, 0.3) is 0 Å². The molecule has 0 bridgehead atoms. The Morgan fingerprint density at radius 1 is 1.11 bits per heavy atom. The Balaban J connectivity index is 1.41. The van der Waals surface area contributed by atoms with Crippen molar-refractivity contribution in [1.82, 2.24) is 10.2 Å². The van der Waals surface area contributed by atoms with E-state index in [1.165, 1.54) is 6.07 Å². The summed E-state index contributed by atoms with van der Waals surface area (Å²) in [7, 11) is 0. The average molecular weight is 385 g/mol. The summed E-state index contributed by atoms with van der Waals surface area (Å²) in [5, 5.41) is 2.97. The maximum atomic E-state index is 13.2. The number of amides is 2. The van der Waals surface area contributed by atoms with E-state index in [-0.39, 0.29) is 11.8 Å². The number of carbonyl (C=O) groups excluding carboxylic acids is 1. The SMILES string of the molecule is CCOc1ccccc1N1CCN(C(=O)NCCCc2cccc(F)c2)CC1. The normalized spacial score (nSPS) is 14.1. The quantitative estimate of drug-likeness (QED) is 0.740. The molecule has 0 saturated carbocycles. The zero-order valence-corrected chi connectivity index (χ0v) is 16.4. The number of urea groups is 1. The fraction of sp³-hybridized carbons (Fsp3) is 0.409. The third-order valence-corrected chi connectivity index (χ3v) is 4.88. The van der Waals surface area contributed by atoms with E-state index in [1.807, 2.05) is 36.1 Å². The summed E-state index contributed by atoms with van der Waals surface area (Å²) in [5.41, 5.74) is 2.04. The fourth-order valence-electron chi connectivity index (χ4n) is 3.44. The van der Waals surface area contributed by atoms with Gasteiger partial charge in [-0.05, 0) is 49.6 Å². The maximum Gasteiger partial charge on any atom is 0.317 e. The molecule has 5 nitrogen and oxygen atoms in total. The summed E-state index contributed by atoms with van der Waals surface area (Å²) in [5.74, 6) is 0.672. The van der Waals surface area contributed by atoms with E-state index in [9.17, 15) is 9.18 Å². The van der Waals surface area contributed by atoms with Crippen LogP contribution in [0.1, 0.15) is 18.9 Å². The predicted octanol–water partition coefficient (Wildman–Crippen LogP) is 3.69. The van der Waals surface area contributed by atoms with E-state index in [0.29, 0.717) is 26.2 Å². The number of rotatable bonds is 7. The first kappa shape index (κ1) is 20.0. The number of piperazine rings is 1. The Bertz CT molecular complexity index is 776. The molecule has 0 aromatic heterocycles. The Kier molecular flexibility index (Phi) is 7.12. The Hall–Kier alpha value is -2.76. The molecule has 150 valence electrons. The lowest BCUT2D eigenvalue weighted by atomic mass is 10.1. The first-order valence-corrected chi connectivity index (χ1v) is 9.91. The molecule has 3 rings (SSSR count). The number of hydrogen-bond acceptors (Lipinski definition) is 3. The Labute approximate surface area is 166 Å². The molecule has 6 heteroatoms. The molecule has 1 aliphatic rings. The van der Waals surface area contributed by atoms with Gasteiger partial charge in [0.05, 0.1) is 12.3 Å². The molecule has 0 spiro atoms. The van der Waals surface area contributed by atoms with Crippen LogP contribution in [0.5, 0.6) is 5.75 Å². The van der Waals surface area contributed by atoms with Crippen LogP contribution in [0.3, 0.4) is 0 Å². The number of para-hydroxylation sites is 2. The fourth-order valence-corrected chi connectivity index (χ4v) is 3.44. The summed E-state index contributed by atoms with van der Waals surface area (Å²) in [4.78, 5) is 16.5. The molecule has 1 saturated heterocycles. The second-order valence-electron chi connectivity index (χ2n) is 6.84. The van der Waals surface area contributed by atoms with Crippen molar-refractivity contribution in [3.63, 3.8) is 0 Å². The highest BCUT2D eigenvalue weighted by Crippen LogP contribution is 2.28. The van der Waals surface area contributed by atoms with Crippen molar-refractivity contribution in [2.45, 2.75) is 19.8 Å². The van der Waals surface area contributed by atoms with Gasteiger partial charge in [-0.3, -0.25) is 0 Å². The molecule has 2 aromatic carbocycles. The van der Waals surface area contributed by atoms with Gasteiger partial charge < -0.3 is 19.9 Å². The van der Waals surface area contributed by atoms with Gasteiger partial charge in [-0.1, -0.05) is 24.3 Å². The summed E-state index contributed by atoms with van der Waals surface area (Å²) >= 11 is 0. The summed E-state index contributed by atoms with van der Waals surface area (Å²) < 4.78 is 18.9. The van der Waals surface area contributed by atoms with Crippen LogP contribution < -0.4 is 15.0 Å². The highest BCUT2D eigenvalue weighted by Gasteiger charge is 2.22. The topological polar surface area (TPSA) is 44.8 Å². The lowest BCUT2D eigenvalue weighted by Crippen LogP contribution is -2.52. The van der Waals surface area contributed by atoms with Crippen LogP contribution in [0.2, 0.25) is 0 Å². The smallest absolute Gasteiger partial charge is 0.317 e. The molecular weight excluding hydrogens is 357 g/mol. The van der Waals surface area contributed by atoms with Gasteiger partial charge in [-0.15, -0.1) is 0 Å². The average Bonchev–Trinajstić information content (AvgIpc) is 2.72. The van der Waals surface area contributed by atoms with Crippen molar-refractivity contribution in [3.05, 3.63) is 59.9 Å².